The number of aromatic nitrogens is 4. The topological polar surface area (TPSA) is 101 Å². The average Bonchev–Trinajstić information content (AvgIpc) is 3.06. The van der Waals surface area contributed by atoms with Crippen molar-refractivity contribution in [2.75, 3.05) is 5.32 Å². The average molecular weight is 292 g/mol. The van der Waals surface area contributed by atoms with Crippen molar-refractivity contribution in [2.24, 2.45) is 0 Å². The van der Waals surface area contributed by atoms with Crippen LogP contribution < -0.4 is 5.32 Å². The number of rotatable bonds is 4. The van der Waals surface area contributed by atoms with E-state index in [0.29, 0.717) is 17.5 Å². The molecule has 1 aromatic carbocycles. The van der Waals surface area contributed by atoms with Crippen LogP contribution in [-0.4, -0.2) is 20.3 Å². The van der Waals surface area contributed by atoms with Crippen molar-refractivity contribution in [1.82, 2.24) is 20.3 Å². The molecule has 7 heteroatoms. The highest BCUT2D eigenvalue weighted by Gasteiger charge is 2.15. The highest BCUT2D eigenvalue weighted by Crippen LogP contribution is 2.20. The molecular weight excluding hydrogens is 280 g/mol. The van der Waals surface area contributed by atoms with Gasteiger partial charge in [0.2, 0.25) is 0 Å². The molecule has 2 aromatic heterocycles. The van der Waals surface area contributed by atoms with Crippen molar-refractivity contribution in [3.63, 3.8) is 0 Å². The summed E-state index contributed by atoms with van der Waals surface area (Å²) in [6, 6.07) is 14.5. The molecule has 0 amide bonds. The summed E-state index contributed by atoms with van der Waals surface area (Å²) in [4.78, 5) is 4.37. The van der Waals surface area contributed by atoms with Crippen LogP contribution >= 0.6 is 0 Å². The predicted molar refractivity (Wildman–Crippen MR) is 78.5 cm³/mol. The molecule has 0 aliphatic carbocycles. The maximum atomic E-state index is 8.69. The van der Waals surface area contributed by atoms with Gasteiger partial charge in [-0.15, -0.1) is 10.2 Å². The summed E-state index contributed by atoms with van der Waals surface area (Å²) in [5, 5.41) is 23.4. The Morgan fingerprint density at radius 1 is 1.14 bits per heavy atom. The zero-order chi connectivity index (χ0) is 15.4. The fraction of sp³-hybridized carbons (Fsp3) is 0.133. The highest BCUT2D eigenvalue weighted by atomic mass is 16.5. The van der Waals surface area contributed by atoms with E-state index < -0.39 is 0 Å². The number of nitrogens with zero attached hydrogens (tertiary/aromatic N) is 5. The van der Waals surface area contributed by atoms with Crippen LogP contribution in [0.1, 0.15) is 24.5 Å². The molecule has 0 aliphatic rings. The largest absolute Gasteiger partial charge is 0.359 e. The van der Waals surface area contributed by atoms with Gasteiger partial charge in [0.1, 0.15) is 11.9 Å². The molecule has 3 aromatic rings. The molecule has 0 spiro atoms. The first-order valence-electron chi connectivity index (χ1n) is 6.65. The van der Waals surface area contributed by atoms with Gasteiger partial charge in [-0.1, -0.05) is 23.4 Å². The molecule has 108 valence electrons. The smallest absolute Gasteiger partial charge is 0.257 e. The van der Waals surface area contributed by atoms with Crippen LogP contribution in [0.4, 0.5) is 5.82 Å². The Hall–Kier alpha value is -3.27. The third kappa shape index (κ3) is 2.91. The summed E-state index contributed by atoms with van der Waals surface area (Å²) in [5.74, 6) is 1.53. The zero-order valence-corrected chi connectivity index (χ0v) is 11.8. The van der Waals surface area contributed by atoms with Gasteiger partial charge in [0.15, 0.2) is 11.5 Å². The van der Waals surface area contributed by atoms with Gasteiger partial charge in [0.25, 0.3) is 5.89 Å². The van der Waals surface area contributed by atoms with Gasteiger partial charge in [0, 0.05) is 5.56 Å². The van der Waals surface area contributed by atoms with E-state index in [1.807, 2.05) is 43.3 Å². The van der Waals surface area contributed by atoms with Gasteiger partial charge in [-0.25, -0.2) is 0 Å². The van der Waals surface area contributed by atoms with E-state index in [4.69, 9.17) is 9.78 Å². The Labute approximate surface area is 126 Å². The molecule has 0 aliphatic heterocycles. The SMILES string of the molecule is CC(Nc1ccc(C#N)nn1)c1noc(-c2ccccc2)n1. The van der Waals surface area contributed by atoms with Crippen LogP contribution in [0.25, 0.3) is 11.5 Å². The monoisotopic (exact) mass is 292 g/mol. The molecule has 0 saturated heterocycles. The van der Waals surface area contributed by atoms with Crippen LogP contribution in [0.2, 0.25) is 0 Å². The van der Waals surface area contributed by atoms with Crippen LogP contribution in [0.3, 0.4) is 0 Å². The van der Waals surface area contributed by atoms with Crippen molar-refractivity contribution >= 4 is 5.82 Å². The molecule has 0 bridgehead atoms. The van der Waals surface area contributed by atoms with E-state index in [1.54, 1.807) is 12.1 Å². The first kappa shape index (κ1) is 13.7. The molecule has 3 rings (SSSR count). The third-order valence-electron chi connectivity index (χ3n) is 2.99. The number of nitrogens with one attached hydrogen (secondary N) is 1. The lowest BCUT2D eigenvalue weighted by molar-refractivity contribution is 0.419. The first-order valence-corrected chi connectivity index (χ1v) is 6.65. The predicted octanol–water partition coefficient (Wildman–Crippen LogP) is 2.57. The van der Waals surface area contributed by atoms with Crippen LogP contribution in [0, 0.1) is 11.3 Å². The molecule has 2 heterocycles. The first-order chi connectivity index (χ1) is 10.8. The zero-order valence-electron chi connectivity index (χ0n) is 11.8. The Kier molecular flexibility index (Phi) is 3.74. The van der Waals surface area contributed by atoms with E-state index >= 15 is 0 Å². The molecule has 22 heavy (non-hydrogen) atoms. The van der Waals surface area contributed by atoms with Gasteiger partial charge < -0.3 is 9.84 Å². The Balaban J connectivity index is 1.74. The van der Waals surface area contributed by atoms with E-state index in [0.717, 1.165) is 5.56 Å². The fourth-order valence-corrected chi connectivity index (χ4v) is 1.86. The summed E-state index contributed by atoms with van der Waals surface area (Å²) in [6.07, 6.45) is 0. The molecule has 1 atom stereocenters. The maximum absolute atomic E-state index is 8.69. The summed E-state index contributed by atoms with van der Waals surface area (Å²) in [5.41, 5.74) is 1.13. The van der Waals surface area contributed by atoms with Crippen LogP contribution in [0.15, 0.2) is 47.0 Å². The van der Waals surface area contributed by atoms with Gasteiger partial charge >= 0.3 is 0 Å². The lowest BCUT2D eigenvalue weighted by Gasteiger charge is -2.09. The molecule has 1 unspecified atom stereocenters. The molecule has 1 N–H and O–H groups in total. The van der Waals surface area contributed by atoms with Crippen molar-refractivity contribution in [3.8, 4) is 17.5 Å². The second-order valence-electron chi connectivity index (χ2n) is 4.61. The van der Waals surface area contributed by atoms with Crippen LogP contribution in [0.5, 0.6) is 0 Å². The molecular formula is C15H12N6O. The van der Waals surface area contributed by atoms with E-state index in [9.17, 15) is 0 Å². The lowest BCUT2D eigenvalue weighted by Crippen LogP contribution is -2.10. The number of benzene rings is 1. The summed E-state index contributed by atoms with van der Waals surface area (Å²) in [6.45, 7) is 1.89. The van der Waals surface area contributed by atoms with Crippen LogP contribution in [-0.2, 0) is 0 Å². The number of hydrogen-bond donors (Lipinski definition) is 1. The molecule has 0 saturated carbocycles. The number of nitriles is 1. The van der Waals surface area contributed by atoms with Crippen molar-refractivity contribution in [2.45, 2.75) is 13.0 Å². The van der Waals surface area contributed by atoms with Crippen molar-refractivity contribution < 1.29 is 4.52 Å². The number of hydrogen-bond acceptors (Lipinski definition) is 7. The molecule has 0 fully saturated rings. The maximum Gasteiger partial charge on any atom is 0.257 e. The minimum atomic E-state index is -0.205. The Morgan fingerprint density at radius 2 is 1.95 bits per heavy atom. The van der Waals surface area contributed by atoms with Gasteiger partial charge in [0.05, 0.1) is 6.04 Å². The number of anilines is 1. The third-order valence-corrected chi connectivity index (χ3v) is 2.99. The van der Waals surface area contributed by atoms with Gasteiger partial charge in [-0.3, -0.25) is 0 Å². The van der Waals surface area contributed by atoms with E-state index in [1.165, 1.54) is 0 Å². The highest BCUT2D eigenvalue weighted by molar-refractivity contribution is 5.52. The summed E-state index contributed by atoms with van der Waals surface area (Å²) >= 11 is 0. The fourth-order valence-electron chi connectivity index (χ4n) is 1.86. The minimum absolute atomic E-state index is 0.205. The summed E-state index contributed by atoms with van der Waals surface area (Å²) < 4.78 is 5.27. The lowest BCUT2D eigenvalue weighted by atomic mass is 10.2. The van der Waals surface area contributed by atoms with Gasteiger partial charge in [-0.05, 0) is 31.2 Å². The van der Waals surface area contributed by atoms with E-state index in [-0.39, 0.29) is 11.7 Å². The molecule has 7 nitrogen and oxygen atoms in total. The van der Waals surface area contributed by atoms with Crippen molar-refractivity contribution in [3.05, 3.63) is 54.0 Å². The Bertz CT molecular complexity index is 791. The molecule has 0 radical (unpaired) electrons. The quantitative estimate of drug-likeness (QED) is 0.788. The second kappa shape index (κ2) is 6.01. The van der Waals surface area contributed by atoms with Crippen molar-refractivity contribution in [1.29, 1.82) is 5.26 Å². The van der Waals surface area contributed by atoms with Gasteiger partial charge in [-0.2, -0.15) is 10.2 Å². The Morgan fingerprint density at radius 3 is 2.64 bits per heavy atom. The standard InChI is InChI=1S/C15H12N6O/c1-10(17-13-8-7-12(9-16)19-20-13)14-18-15(22-21-14)11-5-3-2-4-6-11/h2-8,10H,1H3,(H,17,20). The normalized spacial score (nSPS) is 11.6. The summed E-state index contributed by atoms with van der Waals surface area (Å²) in [7, 11) is 0. The minimum Gasteiger partial charge on any atom is -0.359 e. The second-order valence-corrected chi connectivity index (χ2v) is 4.61. The van der Waals surface area contributed by atoms with E-state index in [2.05, 4.69) is 25.7 Å².